The van der Waals surface area contributed by atoms with Crippen LogP contribution in [0.1, 0.15) is 5.56 Å². The van der Waals surface area contributed by atoms with Gasteiger partial charge in [0.05, 0.1) is 12.6 Å². The molecule has 5 nitrogen and oxygen atoms in total. The van der Waals surface area contributed by atoms with Gasteiger partial charge in [-0.1, -0.05) is 6.07 Å². The summed E-state index contributed by atoms with van der Waals surface area (Å²) in [5.74, 6) is 2.94. The summed E-state index contributed by atoms with van der Waals surface area (Å²) in [7, 11) is 1.69. The van der Waals surface area contributed by atoms with Gasteiger partial charge in [0, 0.05) is 43.8 Å². The summed E-state index contributed by atoms with van der Waals surface area (Å²) in [4.78, 5) is 14.0. The van der Waals surface area contributed by atoms with E-state index in [-0.39, 0.29) is 0 Å². The molecule has 1 fully saturated rings. The van der Waals surface area contributed by atoms with Gasteiger partial charge in [-0.25, -0.2) is 9.97 Å². The molecule has 1 aliphatic rings. The van der Waals surface area contributed by atoms with Gasteiger partial charge >= 0.3 is 0 Å². The number of anilines is 2. The number of aromatic nitrogens is 2. The molecule has 0 unspecified atom stereocenters. The normalized spacial score (nSPS) is 14.8. The standard InChI is InChI=1S/C20H22N4O/c1-15-13-20(22-18-14-16(25-2)6-7-17(15)18)24-11-9-23(10-12-24)19-5-3-4-8-21-19/h3-8,13-14H,9-12H2,1-2H3. The Morgan fingerprint density at radius 3 is 2.36 bits per heavy atom. The molecule has 0 amide bonds. The summed E-state index contributed by atoms with van der Waals surface area (Å²) in [5, 5.41) is 1.18. The van der Waals surface area contributed by atoms with Crippen molar-refractivity contribution in [2.75, 3.05) is 43.1 Å². The predicted molar refractivity (Wildman–Crippen MR) is 102 cm³/mol. The molecule has 25 heavy (non-hydrogen) atoms. The molecule has 2 aromatic heterocycles. The minimum absolute atomic E-state index is 0.844. The molecule has 128 valence electrons. The Labute approximate surface area is 147 Å². The van der Waals surface area contributed by atoms with Gasteiger partial charge in [-0.3, -0.25) is 0 Å². The number of methoxy groups -OCH3 is 1. The molecule has 0 radical (unpaired) electrons. The number of fused-ring (bicyclic) bond motifs is 1. The van der Waals surface area contributed by atoms with Crippen LogP contribution < -0.4 is 14.5 Å². The van der Waals surface area contributed by atoms with Gasteiger partial charge in [0.1, 0.15) is 17.4 Å². The van der Waals surface area contributed by atoms with E-state index in [4.69, 9.17) is 9.72 Å². The lowest BCUT2D eigenvalue weighted by Gasteiger charge is -2.36. The molecule has 1 saturated heterocycles. The third kappa shape index (κ3) is 3.09. The van der Waals surface area contributed by atoms with Crippen LogP contribution in [0.15, 0.2) is 48.7 Å². The average molecular weight is 334 g/mol. The predicted octanol–water partition coefficient (Wildman–Crippen LogP) is 3.27. The van der Waals surface area contributed by atoms with Gasteiger partial charge in [-0.05, 0) is 42.8 Å². The van der Waals surface area contributed by atoms with E-state index in [0.29, 0.717) is 0 Å². The maximum atomic E-state index is 5.34. The summed E-state index contributed by atoms with van der Waals surface area (Å²) >= 11 is 0. The second-order valence-electron chi connectivity index (χ2n) is 6.34. The average Bonchev–Trinajstić information content (AvgIpc) is 2.68. The summed E-state index contributed by atoms with van der Waals surface area (Å²) in [6.07, 6.45) is 1.85. The number of aryl methyl sites for hydroxylation is 1. The topological polar surface area (TPSA) is 41.5 Å². The number of piperazine rings is 1. The van der Waals surface area contributed by atoms with E-state index in [1.807, 2.05) is 30.5 Å². The van der Waals surface area contributed by atoms with E-state index in [1.165, 1.54) is 10.9 Å². The third-order valence-corrected chi connectivity index (χ3v) is 4.79. The third-order valence-electron chi connectivity index (χ3n) is 4.79. The van der Waals surface area contributed by atoms with Crippen molar-refractivity contribution in [3.8, 4) is 5.75 Å². The smallest absolute Gasteiger partial charge is 0.129 e. The highest BCUT2D eigenvalue weighted by Gasteiger charge is 2.19. The van der Waals surface area contributed by atoms with Crippen molar-refractivity contribution in [1.29, 1.82) is 0 Å². The lowest BCUT2D eigenvalue weighted by Crippen LogP contribution is -2.47. The minimum atomic E-state index is 0.844. The van der Waals surface area contributed by atoms with E-state index < -0.39 is 0 Å². The first-order valence-electron chi connectivity index (χ1n) is 8.61. The van der Waals surface area contributed by atoms with Crippen LogP contribution in [0, 0.1) is 6.92 Å². The Bertz CT molecular complexity index is 874. The van der Waals surface area contributed by atoms with Crippen molar-refractivity contribution in [1.82, 2.24) is 9.97 Å². The molecular formula is C20H22N4O. The van der Waals surface area contributed by atoms with E-state index >= 15 is 0 Å². The largest absolute Gasteiger partial charge is 0.497 e. The number of pyridine rings is 2. The zero-order chi connectivity index (χ0) is 17.2. The Morgan fingerprint density at radius 2 is 1.68 bits per heavy atom. The van der Waals surface area contributed by atoms with E-state index in [2.05, 4.69) is 39.9 Å². The number of hydrogen-bond donors (Lipinski definition) is 0. The zero-order valence-electron chi connectivity index (χ0n) is 14.6. The van der Waals surface area contributed by atoms with Gasteiger partial charge in [0.25, 0.3) is 0 Å². The number of nitrogens with zero attached hydrogens (tertiary/aromatic N) is 4. The fraction of sp³-hybridized carbons (Fsp3) is 0.300. The Morgan fingerprint density at radius 1 is 0.920 bits per heavy atom. The SMILES string of the molecule is COc1ccc2c(C)cc(N3CCN(c4ccccn4)CC3)nc2c1. The van der Waals surface area contributed by atoms with Crippen molar-refractivity contribution in [2.45, 2.75) is 6.92 Å². The van der Waals surface area contributed by atoms with E-state index in [1.54, 1.807) is 7.11 Å². The van der Waals surface area contributed by atoms with Crippen LogP contribution in [-0.4, -0.2) is 43.3 Å². The van der Waals surface area contributed by atoms with Crippen LogP contribution in [0.3, 0.4) is 0 Å². The highest BCUT2D eigenvalue weighted by molar-refractivity contribution is 5.85. The van der Waals surface area contributed by atoms with Crippen LogP contribution in [0.2, 0.25) is 0 Å². The van der Waals surface area contributed by atoms with Crippen molar-refractivity contribution in [3.63, 3.8) is 0 Å². The van der Waals surface area contributed by atoms with Gasteiger partial charge in [0.15, 0.2) is 0 Å². The monoisotopic (exact) mass is 334 g/mol. The van der Waals surface area contributed by atoms with Gasteiger partial charge < -0.3 is 14.5 Å². The second-order valence-corrected chi connectivity index (χ2v) is 6.34. The molecule has 0 saturated carbocycles. The van der Waals surface area contributed by atoms with Crippen molar-refractivity contribution >= 4 is 22.5 Å². The fourth-order valence-corrected chi connectivity index (χ4v) is 3.36. The van der Waals surface area contributed by atoms with E-state index in [9.17, 15) is 0 Å². The highest BCUT2D eigenvalue weighted by atomic mass is 16.5. The summed E-state index contributed by atoms with van der Waals surface area (Å²) in [5.41, 5.74) is 2.23. The quantitative estimate of drug-likeness (QED) is 0.735. The summed E-state index contributed by atoms with van der Waals surface area (Å²) < 4.78 is 5.34. The maximum absolute atomic E-state index is 5.34. The maximum Gasteiger partial charge on any atom is 0.129 e. The molecule has 0 bridgehead atoms. The Balaban J connectivity index is 1.56. The van der Waals surface area contributed by atoms with Gasteiger partial charge in [0.2, 0.25) is 0 Å². The molecular weight excluding hydrogens is 312 g/mol. The summed E-state index contributed by atoms with van der Waals surface area (Å²) in [6.45, 7) is 5.93. The van der Waals surface area contributed by atoms with Crippen LogP contribution in [0.5, 0.6) is 5.75 Å². The molecule has 4 rings (SSSR count). The second kappa shape index (κ2) is 6.59. The molecule has 3 aromatic rings. The fourth-order valence-electron chi connectivity index (χ4n) is 3.36. The first kappa shape index (κ1) is 15.7. The first-order valence-corrected chi connectivity index (χ1v) is 8.61. The van der Waals surface area contributed by atoms with Crippen molar-refractivity contribution in [2.24, 2.45) is 0 Å². The summed E-state index contributed by atoms with van der Waals surface area (Å²) in [6, 6.07) is 14.3. The molecule has 3 heterocycles. The molecule has 0 spiro atoms. The molecule has 0 atom stereocenters. The van der Waals surface area contributed by atoms with Gasteiger partial charge in [-0.2, -0.15) is 0 Å². The van der Waals surface area contributed by atoms with Gasteiger partial charge in [-0.15, -0.1) is 0 Å². The lowest BCUT2D eigenvalue weighted by atomic mass is 10.1. The number of benzene rings is 1. The zero-order valence-corrected chi connectivity index (χ0v) is 14.6. The molecule has 0 N–H and O–H groups in total. The number of hydrogen-bond acceptors (Lipinski definition) is 5. The van der Waals surface area contributed by atoms with Crippen LogP contribution >= 0.6 is 0 Å². The Kier molecular flexibility index (Phi) is 4.14. The van der Waals surface area contributed by atoms with Crippen molar-refractivity contribution < 1.29 is 4.74 Å². The van der Waals surface area contributed by atoms with Crippen LogP contribution in [0.4, 0.5) is 11.6 Å². The molecule has 0 aliphatic carbocycles. The number of ether oxygens (including phenoxy) is 1. The Hall–Kier alpha value is -2.82. The molecule has 1 aromatic carbocycles. The highest BCUT2D eigenvalue weighted by Crippen LogP contribution is 2.26. The van der Waals surface area contributed by atoms with Crippen LogP contribution in [-0.2, 0) is 0 Å². The van der Waals surface area contributed by atoms with Crippen molar-refractivity contribution in [3.05, 3.63) is 54.2 Å². The van der Waals surface area contributed by atoms with E-state index in [0.717, 1.165) is 49.1 Å². The first-order chi connectivity index (χ1) is 12.2. The van der Waals surface area contributed by atoms with Crippen LogP contribution in [0.25, 0.3) is 10.9 Å². The molecule has 5 heteroatoms. The molecule has 1 aliphatic heterocycles. The lowest BCUT2D eigenvalue weighted by molar-refractivity contribution is 0.415. The minimum Gasteiger partial charge on any atom is -0.497 e. The number of rotatable bonds is 3.